The maximum atomic E-state index is 11.3. The molecular formula is C11H20N2O3S. The number of likely N-dealkylation sites (tertiary alicyclic amines) is 1. The minimum Gasteiger partial charge on any atom is -0.369 e. The van der Waals surface area contributed by atoms with Crippen LogP contribution >= 0.6 is 0 Å². The molecule has 2 aliphatic heterocycles. The molecule has 2 fully saturated rings. The van der Waals surface area contributed by atoms with E-state index in [1.807, 2.05) is 0 Å². The summed E-state index contributed by atoms with van der Waals surface area (Å²) in [7, 11) is -2.78. The number of hydrogen-bond donors (Lipinski definition) is 1. The summed E-state index contributed by atoms with van der Waals surface area (Å²) in [5.74, 6) is 0.440. The molecule has 0 atom stereocenters. The van der Waals surface area contributed by atoms with Crippen LogP contribution < -0.4 is 5.73 Å². The molecule has 5 nitrogen and oxygen atoms in total. The molecular weight excluding hydrogens is 240 g/mol. The molecule has 2 N–H and O–H groups in total. The summed E-state index contributed by atoms with van der Waals surface area (Å²) in [5.41, 5.74) is 5.29. The molecule has 0 aliphatic carbocycles. The van der Waals surface area contributed by atoms with Crippen molar-refractivity contribution in [2.45, 2.75) is 31.7 Å². The minimum absolute atomic E-state index is 0.0126. The third-order valence-electron chi connectivity index (χ3n) is 3.97. The van der Waals surface area contributed by atoms with Gasteiger partial charge in [0.15, 0.2) is 0 Å². The minimum atomic E-state index is -2.78. The van der Waals surface area contributed by atoms with Gasteiger partial charge in [-0.3, -0.25) is 4.79 Å². The third-order valence-corrected chi connectivity index (χ3v) is 5.69. The van der Waals surface area contributed by atoms with Crippen LogP contribution in [0.4, 0.5) is 0 Å². The Morgan fingerprint density at radius 2 is 1.59 bits per heavy atom. The van der Waals surface area contributed by atoms with Crippen LogP contribution in [0.25, 0.3) is 0 Å². The van der Waals surface area contributed by atoms with Gasteiger partial charge in [-0.25, -0.2) is 8.42 Å². The molecule has 0 spiro atoms. The van der Waals surface area contributed by atoms with E-state index < -0.39 is 9.84 Å². The first-order valence-corrected chi connectivity index (χ1v) is 8.04. The third kappa shape index (κ3) is 3.19. The fraction of sp³-hybridized carbons (Fsp3) is 0.909. The van der Waals surface area contributed by atoms with Gasteiger partial charge in [-0.05, 0) is 38.8 Å². The van der Waals surface area contributed by atoms with Crippen molar-refractivity contribution >= 4 is 15.7 Å². The van der Waals surface area contributed by atoms with E-state index in [0.29, 0.717) is 17.5 Å². The second-order valence-corrected chi connectivity index (χ2v) is 7.40. The lowest BCUT2D eigenvalue weighted by atomic mass is 9.94. The van der Waals surface area contributed by atoms with Crippen LogP contribution in [-0.4, -0.2) is 49.9 Å². The Bertz CT molecular complexity index is 372. The van der Waals surface area contributed by atoms with Crippen molar-refractivity contribution < 1.29 is 13.2 Å². The van der Waals surface area contributed by atoms with E-state index in [4.69, 9.17) is 5.73 Å². The Balaban J connectivity index is 1.84. The lowest BCUT2D eigenvalue weighted by Crippen LogP contribution is -2.46. The molecule has 2 aliphatic rings. The summed E-state index contributed by atoms with van der Waals surface area (Å²) in [6, 6.07) is 0.382. The first-order valence-electron chi connectivity index (χ1n) is 6.22. The summed E-state index contributed by atoms with van der Waals surface area (Å²) in [6.45, 7) is 1.75. The highest BCUT2D eigenvalue weighted by molar-refractivity contribution is 7.91. The second-order valence-electron chi connectivity index (χ2n) is 5.10. The number of sulfone groups is 1. The van der Waals surface area contributed by atoms with E-state index in [1.54, 1.807) is 0 Å². The normalized spacial score (nSPS) is 28.0. The Kier molecular flexibility index (Phi) is 3.73. The molecule has 0 saturated carbocycles. The Hall–Kier alpha value is -0.620. The van der Waals surface area contributed by atoms with Gasteiger partial charge in [-0.2, -0.15) is 0 Å². The maximum absolute atomic E-state index is 11.3. The molecule has 0 unspecified atom stereocenters. The number of amides is 1. The number of primary amides is 1. The molecule has 2 heterocycles. The highest BCUT2D eigenvalue weighted by Crippen LogP contribution is 2.24. The molecule has 2 rings (SSSR count). The van der Waals surface area contributed by atoms with E-state index in [0.717, 1.165) is 38.8 Å². The van der Waals surface area contributed by atoms with Crippen LogP contribution in [0, 0.1) is 5.92 Å². The first kappa shape index (κ1) is 12.8. The lowest BCUT2D eigenvalue weighted by Gasteiger charge is -2.38. The SMILES string of the molecule is NC(=O)C1CCN(C2CCS(=O)(=O)CC2)CC1. The molecule has 0 aromatic heterocycles. The summed E-state index contributed by atoms with van der Waals surface area (Å²) < 4.78 is 22.7. The van der Waals surface area contributed by atoms with E-state index in [1.165, 1.54) is 0 Å². The van der Waals surface area contributed by atoms with Crippen LogP contribution in [0.5, 0.6) is 0 Å². The van der Waals surface area contributed by atoms with Crippen LogP contribution in [0.15, 0.2) is 0 Å². The topological polar surface area (TPSA) is 80.5 Å². The standard InChI is InChI=1S/C11H20N2O3S/c12-11(14)9-1-5-13(6-2-9)10-3-7-17(15,16)8-4-10/h9-10H,1-8H2,(H2,12,14). The fourth-order valence-corrected chi connectivity index (χ4v) is 4.26. The largest absolute Gasteiger partial charge is 0.369 e. The van der Waals surface area contributed by atoms with Crippen molar-refractivity contribution in [3.8, 4) is 0 Å². The summed E-state index contributed by atoms with van der Waals surface area (Å²) in [6.07, 6.45) is 3.12. The van der Waals surface area contributed by atoms with Crippen molar-refractivity contribution in [2.24, 2.45) is 11.7 Å². The zero-order valence-electron chi connectivity index (χ0n) is 9.97. The number of rotatable bonds is 2. The molecule has 1 amide bonds. The van der Waals surface area contributed by atoms with Gasteiger partial charge >= 0.3 is 0 Å². The van der Waals surface area contributed by atoms with Gasteiger partial charge in [-0.1, -0.05) is 0 Å². The number of nitrogens with two attached hydrogens (primary N) is 1. The number of carbonyl (C=O) groups excluding carboxylic acids is 1. The number of piperidine rings is 1. The van der Waals surface area contributed by atoms with Crippen molar-refractivity contribution in [3.05, 3.63) is 0 Å². The quantitative estimate of drug-likeness (QED) is 0.743. The number of hydrogen-bond acceptors (Lipinski definition) is 4. The highest BCUT2D eigenvalue weighted by atomic mass is 32.2. The molecule has 0 bridgehead atoms. The van der Waals surface area contributed by atoms with E-state index in [2.05, 4.69) is 4.90 Å². The Morgan fingerprint density at radius 3 is 2.06 bits per heavy atom. The fourth-order valence-electron chi connectivity index (χ4n) is 2.79. The van der Waals surface area contributed by atoms with Gasteiger partial charge in [0, 0.05) is 12.0 Å². The molecule has 98 valence electrons. The maximum Gasteiger partial charge on any atom is 0.220 e. The second kappa shape index (κ2) is 4.94. The van der Waals surface area contributed by atoms with Crippen molar-refractivity contribution in [1.82, 2.24) is 4.90 Å². The van der Waals surface area contributed by atoms with Crippen molar-refractivity contribution in [1.29, 1.82) is 0 Å². The molecule has 0 aromatic carbocycles. The summed E-state index contributed by atoms with van der Waals surface area (Å²) in [4.78, 5) is 13.4. The van der Waals surface area contributed by atoms with E-state index in [9.17, 15) is 13.2 Å². The number of nitrogens with zero attached hydrogens (tertiary/aromatic N) is 1. The van der Waals surface area contributed by atoms with Crippen LogP contribution in [0.1, 0.15) is 25.7 Å². The average Bonchev–Trinajstić information content (AvgIpc) is 2.29. The van der Waals surface area contributed by atoms with E-state index >= 15 is 0 Å². The smallest absolute Gasteiger partial charge is 0.220 e. The number of carbonyl (C=O) groups is 1. The monoisotopic (exact) mass is 260 g/mol. The van der Waals surface area contributed by atoms with Gasteiger partial charge < -0.3 is 10.6 Å². The zero-order chi connectivity index (χ0) is 12.5. The molecule has 0 radical (unpaired) electrons. The van der Waals surface area contributed by atoms with Crippen LogP contribution in [-0.2, 0) is 14.6 Å². The van der Waals surface area contributed by atoms with Gasteiger partial charge in [0.25, 0.3) is 0 Å². The van der Waals surface area contributed by atoms with E-state index in [-0.39, 0.29) is 11.8 Å². The van der Waals surface area contributed by atoms with Gasteiger partial charge in [-0.15, -0.1) is 0 Å². The van der Waals surface area contributed by atoms with Crippen LogP contribution in [0.2, 0.25) is 0 Å². The molecule has 6 heteroatoms. The lowest BCUT2D eigenvalue weighted by molar-refractivity contribution is -0.123. The van der Waals surface area contributed by atoms with Crippen molar-refractivity contribution in [3.63, 3.8) is 0 Å². The predicted octanol–water partition coefficient (Wildman–Crippen LogP) is -0.239. The van der Waals surface area contributed by atoms with Gasteiger partial charge in [0.05, 0.1) is 11.5 Å². The van der Waals surface area contributed by atoms with Crippen molar-refractivity contribution in [2.75, 3.05) is 24.6 Å². The average molecular weight is 260 g/mol. The molecule has 2 saturated heterocycles. The highest BCUT2D eigenvalue weighted by Gasteiger charge is 2.31. The molecule has 0 aromatic rings. The van der Waals surface area contributed by atoms with Gasteiger partial charge in [0.1, 0.15) is 9.84 Å². The zero-order valence-corrected chi connectivity index (χ0v) is 10.8. The summed E-state index contributed by atoms with van der Waals surface area (Å²) >= 11 is 0. The first-order chi connectivity index (χ1) is 7.98. The van der Waals surface area contributed by atoms with Crippen LogP contribution in [0.3, 0.4) is 0 Å². The Morgan fingerprint density at radius 1 is 1.06 bits per heavy atom. The predicted molar refractivity (Wildman–Crippen MR) is 65.2 cm³/mol. The Labute approximate surface area is 102 Å². The van der Waals surface area contributed by atoms with Gasteiger partial charge in [0.2, 0.25) is 5.91 Å². The summed E-state index contributed by atoms with van der Waals surface area (Å²) in [5, 5.41) is 0. The molecule has 17 heavy (non-hydrogen) atoms.